The van der Waals surface area contributed by atoms with Gasteiger partial charge in [-0.15, -0.1) is 0 Å². The van der Waals surface area contributed by atoms with Crippen LogP contribution in [0.15, 0.2) is 12.2 Å². The first-order chi connectivity index (χ1) is 11.3. The van der Waals surface area contributed by atoms with Crippen LogP contribution < -0.4 is 0 Å². The molecule has 2 aliphatic rings. The number of fused-ring (bicyclic) bond motifs is 1. The Labute approximate surface area is 150 Å². The van der Waals surface area contributed by atoms with Gasteiger partial charge in [-0.2, -0.15) is 0 Å². The highest BCUT2D eigenvalue weighted by Crippen LogP contribution is 2.62. The molecule has 142 valence electrons. The Morgan fingerprint density at radius 1 is 1.12 bits per heavy atom. The first kappa shape index (κ1) is 20.1. The molecular formula is C20H32O5. The predicted molar refractivity (Wildman–Crippen MR) is 94.7 cm³/mol. The third-order valence-corrected chi connectivity index (χ3v) is 6.49. The van der Waals surface area contributed by atoms with Gasteiger partial charge in [0.15, 0.2) is 5.78 Å². The summed E-state index contributed by atoms with van der Waals surface area (Å²) in [6.07, 6.45) is 4.02. The van der Waals surface area contributed by atoms with Gasteiger partial charge in [0.1, 0.15) is 12.2 Å². The van der Waals surface area contributed by atoms with E-state index in [2.05, 4.69) is 20.8 Å². The van der Waals surface area contributed by atoms with Gasteiger partial charge in [0.2, 0.25) is 0 Å². The second-order valence-electron chi connectivity index (χ2n) is 9.02. The fourth-order valence-corrected chi connectivity index (χ4v) is 5.63. The lowest BCUT2D eigenvalue weighted by Gasteiger charge is -2.63. The van der Waals surface area contributed by atoms with Crippen LogP contribution in [0.5, 0.6) is 0 Å². The van der Waals surface area contributed by atoms with Crippen molar-refractivity contribution in [2.75, 3.05) is 0 Å². The minimum Gasteiger partial charge on any atom is -0.459 e. The average Bonchev–Trinajstić information content (AvgIpc) is 2.42. The molecule has 2 N–H and O–H groups in total. The smallest absolute Gasteiger partial charge is 0.303 e. The molecule has 5 nitrogen and oxygen atoms in total. The number of hydrogen-bond acceptors (Lipinski definition) is 5. The largest absolute Gasteiger partial charge is 0.459 e. The quantitative estimate of drug-likeness (QED) is 0.602. The first-order valence-electron chi connectivity index (χ1n) is 9.10. The highest BCUT2D eigenvalue weighted by atomic mass is 16.6. The molecule has 2 aliphatic carbocycles. The number of ether oxygens (including phenoxy) is 1. The summed E-state index contributed by atoms with van der Waals surface area (Å²) in [7, 11) is 0. The molecule has 25 heavy (non-hydrogen) atoms. The number of carbonyl (C=O) groups is 2. The minimum atomic E-state index is -1.50. The number of rotatable bonds is 3. The Hall–Kier alpha value is -1.20. The summed E-state index contributed by atoms with van der Waals surface area (Å²) in [4.78, 5) is 23.2. The lowest BCUT2D eigenvalue weighted by atomic mass is 9.44. The monoisotopic (exact) mass is 352 g/mol. The summed E-state index contributed by atoms with van der Waals surface area (Å²) in [6, 6.07) is 0. The number of allylic oxidation sites excluding steroid dienone is 1. The average molecular weight is 352 g/mol. The lowest BCUT2D eigenvalue weighted by Crippen LogP contribution is -2.70. The summed E-state index contributed by atoms with van der Waals surface area (Å²) in [5.74, 6) is -1.08. The maximum Gasteiger partial charge on any atom is 0.303 e. The summed E-state index contributed by atoms with van der Waals surface area (Å²) < 4.78 is 5.54. The van der Waals surface area contributed by atoms with E-state index in [1.54, 1.807) is 13.0 Å². The van der Waals surface area contributed by atoms with Crippen molar-refractivity contribution in [1.29, 1.82) is 0 Å². The number of carbonyl (C=O) groups excluding carboxylic acids is 2. The van der Waals surface area contributed by atoms with E-state index in [1.165, 1.54) is 19.9 Å². The highest BCUT2D eigenvalue weighted by molar-refractivity contribution is 5.87. The molecule has 0 heterocycles. The maximum atomic E-state index is 11.7. The molecule has 0 bridgehead atoms. The van der Waals surface area contributed by atoms with E-state index >= 15 is 0 Å². The number of aliphatic hydroxyl groups excluding tert-OH is 1. The molecule has 0 aliphatic heterocycles. The van der Waals surface area contributed by atoms with E-state index in [0.29, 0.717) is 0 Å². The van der Waals surface area contributed by atoms with Gasteiger partial charge in [0.05, 0.1) is 5.60 Å². The second kappa shape index (κ2) is 6.51. The Balaban J connectivity index is 2.61. The van der Waals surface area contributed by atoms with Gasteiger partial charge < -0.3 is 14.9 Å². The van der Waals surface area contributed by atoms with E-state index < -0.39 is 35.1 Å². The number of aliphatic hydroxyl groups is 2. The molecule has 2 fully saturated rings. The van der Waals surface area contributed by atoms with Crippen molar-refractivity contribution in [2.45, 2.75) is 78.6 Å². The number of hydrogen-bond donors (Lipinski definition) is 2. The zero-order valence-corrected chi connectivity index (χ0v) is 16.2. The van der Waals surface area contributed by atoms with Crippen LogP contribution in [-0.2, 0) is 14.3 Å². The zero-order valence-electron chi connectivity index (χ0n) is 16.2. The van der Waals surface area contributed by atoms with E-state index in [0.717, 1.165) is 19.3 Å². The van der Waals surface area contributed by atoms with E-state index in [-0.39, 0.29) is 17.1 Å². The van der Waals surface area contributed by atoms with Gasteiger partial charge >= 0.3 is 5.97 Å². The molecule has 0 aromatic rings. The Morgan fingerprint density at radius 3 is 2.24 bits per heavy atom. The van der Waals surface area contributed by atoms with Crippen molar-refractivity contribution in [2.24, 2.45) is 22.7 Å². The third-order valence-electron chi connectivity index (χ3n) is 6.49. The van der Waals surface area contributed by atoms with Crippen molar-refractivity contribution in [3.63, 3.8) is 0 Å². The molecule has 0 spiro atoms. The van der Waals surface area contributed by atoms with Gasteiger partial charge in [0.25, 0.3) is 0 Å². The zero-order chi connectivity index (χ0) is 19.2. The summed E-state index contributed by atoms with van der Waals surface area (Å²) in [6.45, 7) is 10.7. The molecule has 0 aromatic heterocycles. The van der Waals surface area contributed by atoms with Crippen LogP contribution in [0, 0.1) is 22.7 Å². The first-order valence-corrected chi connectivity index (χ1v) is 9.10. The standard InChI is InChI=1S/C20H32O5/c1-12(21)8-9-14-19(5)11-7-10-18(3,4)16(19)15(25-13(2)22)17(23)20(14,6)24/h8-9,14-17,23-24H,7,10-11H2,1-6H3/b9-8+. The molecule has 2 rings (SSSR count). The molecule has 0 amide bonds. The fourth-order valence-electron chi connectivity index (χ4n) is 5.63. The molecule has 6 unspecified atom stereocenters. The van der Waals surface area contributed by atoms with Crippen molar-refractivity contribution in [1.82, 2.24) is 0 Å². The van der Waals surface area contributed by atoms with Crippen LogP contribution >= 0.6 is 0 Å². The third kappa shape index (κ3) is 3.41. The number of esters is 1. The molecule has 2 saturated carbocycles. The van der Waals surface area contributed by atoms with Crippen molar-refractivity contribution >= 4 is 11.8 Å². The SMILES string of the molecule is CC(=O)/C=C/C1C(C)(O)C(O)C(OC(C)=O)C2C(C)(C)CCCC21C. The molecule has 5 heteroatoms. The van der Waals surface area contributed by atoms with E-state index in [1.807, 2.05) is 0 Å². The van der Waals surface area contributed by atoms with Gasteiger partial charge in [0, 0.05) is 18.8 Å². The Bertz CT molecular complexity index is 577. The van der Waals surface area contributed by atoms with E-state index in [9.17, 15) is 19.8 Å². The van der Waals surface area contributed by atoms with Crippen molar-refractivity contribution < 1.29 is 24.5 Å². The van der Waals surface area contributed by atoms with E-state index in [4.69, 9.17) is 4.74 Å². The van der Waals surface area contributed by atoms with Crippen LogP contribution in [0.25, 0.3) is 0 Å². The topological polar surface area (TPSA) is 83.8 Å². The summed E-state index contributed by atoms with van der Waals surface area (Å²) in [5, 5.41) is 22.1. The van der Waals surface area contributed by atoms with Gasteiger partial charge in [-0.05, 0) is 43.6 Å². The Kier molecular flexibility index (Phi) is 5.24. The molecular weight excluding hydrogens is 320 g/mol. The van der Waals surface area contributed by atoms with Crippen LogP contribution in [-0.4, -0.2) is 39.8 Å². The minimum absolute atomic E-state index is 0.0948. The van der Waals surface area contributed by atoms with Crippen molar-refractivity contribution in [3.8, 4) is 0 Å². The Morgan fingerprint density at radius 2 is 1.72 bits per heavy atom. The summed E-state index contributed by atoms with van der Waals surface area (Å²) >= 11 is 0. The van der Waals surface area contributed by atoms with Gasteiger partial charge in [-0.25, -0.2) is 0 Å². The maximum absolute atomic E-state index is 11.7. The van der Waals surface area contributed by atoms with Crippen LogP contribution in [0.4, 0.5) is 0 Å². The van der Waals surface area contributed by atoms with Crippen LogP contribution in [0.3, 0.4) is 0 Å². The van der Waals surface area contributed by atoms with Crippen LogP contribution in [0.1, 0.15) is 60.8 Å². The van der Waals surface area contributed by atoms with Gasteiger partial charge in [-0.1, -0.05) is 33.3 Å². The van der Waals surface area contributed by atoms with Crippen molar-refractivity contribution in [3.05, 3.63) is 12.2 Å². The van der Waals surface area contributed by atoms with Gasteiger partial charge in [-0.3, -0.25) is 9.59 Å². The number of ketones is 1. The molecule has 0 aromatic carbocycles. The fraction of sp³-hybridized carbons (Fsp3) is 0.800. The summed E-state index contributed by atoms with van der Waals surface area (Å²) in [5.41, 5.74) is -2.05. The lowest BCUT2D eigenvalue weighted by molar-refractivity contribution is -0.261. The predicted octanol–water partition coefficient (Wildman–Crippen LogP) is 2.64. The molecule has 0 radical (unpaired) electrons. The molecule has 6 atom stereocenters. The second-order valence-corrected chi connectivity index (χ2v) is 9.02. The molecule has 0 saturated heterocycles. The highest BCUT2D eigenvalue weighted by Gasteiger charge is 2.65. The normalized spacial score (nSPS) is 43.5. The van der Waals surface area contributed by atoms with Crippen LogP contribution in [0.2, 0.25) is 0 Å².